The largest absolute Gasteiger partial charge is 0.494 e. The van der Waals surface area contributed by atoms with Gasteiger partial charge >= 0.3 is 5.97 Å². The van der Waals surface area contributed by atoms with Gasteiger partial charge in [-0.2, -0.15) is 0 Å². The predicted octanol–water partition coefficient (Wildman–Crippen LogP) is 4.01. The van der Waals surface area contributed by atoms with E-state index in [2.05, 4.69) is 46.3 Å². The van der Waals surface area contributed by atoms with Crippen molar-refractivity contribution in [2.75, 3.05) is 19.7 Å². The van der Waals surface area contributed by atoms with Gasteiger partial charge in [-0.05, 0) is 48.6 Å². The van der Waals surface area contributed by atoms with Gasteiger partial charge < -0.3 is 14.8 Å². The van der Waals surface area contributed by atoms with Crippen LogP contribution in [0.1, 0.15) is 29.7 Å². The average Bonchev–Trinajstić information content (AvgIpc) is 3.07. The van der Waals surface area contributed by atoms with Crippen LogP contribution in [0.4, 0.5) is 0 Å². The lowest BCUT2D eigenvalue weighted by Crippen LogP contribution is -2.32. The molecule has 2 heterocycles. The summed E-state index contributed by atoms with van der Waals surface area (Å²) in [6.07, 6.45) is 3.14. The van der Waals surface area contributed by atoms with Crippen molar-refractivity contribution < 1.29 is 14.6 Å². The topological polar surface area (TPSA) is 65.6 Å². The van der Waals surface area contributed by atoms with Crippen LogP contribution < -0.4 is 4.74 Å². The molecule has 28 heavy (non-hydrogen) atoms. The minimum Gasteiger partial charge on any atom is -0.494 e. The van der Waals surface area contributed by atoms with Crippen molar-refractivity contribution in [3.05, 3.63) is 65.4 Å². The van der Waals surface area contributed by atoms with Crippen LogP contribution in [-0.2, 0) is 24.2 Å². The maximum Gasteiger partial charge on any atom is 0.304 e. The van der Waals surface area contributed by atoms with E-state index in [9.17, 15) is 4.79 Å². The van der Waals surface area contributed by atoms with Crippen LogP contribution in [-0.4, -0.2) is 40.7 Å². The number of aromatic nitrogens is 1. The van der Waals surface area contributed by atoms with Crippen LogP contribution in [0.25, 0.3) is 10.9 Å². The van der Waals surface area contributed by atoms with E-state index in [4.69, 9.17) is 9.84 Å². The first kappa shape index (κ1) is 18.6. The van der Waals surface area contributed by atoms with E-state index in [-0.39, 0.29) is 6.42 Å². The number of aromatic amines is 1. The van der Waals surface area contributed by atoms with Crippen LogP contribution in [0.2, 0.25) is 0 Å². The number of carboxylic acids is 1. The summed E-state index contributed by atoms with van der Waals surface area (Å²) in [5.74, 6) is 0.173. The summed E-state index contributed by atoms with van der Waals surface area (Å²) in [5, 5.41) is 10.1. The lowest BCUT2D eigenvalue weighted by Gasteiger charge is -2.26. The van der Waals surface area contributed by atoms with Crippen molar-refractivity contribution in [3.8, 4) is 5.75 Å². The third-order valence-corrected chi connectivity index (χ3v) is 5.39. The van der Waals surface area contributed by atoms with Crippen molar-refractivity contribution in [1.82, 2.24) is 9.88 Å². The van der Waals surface area contributed by atoms with Gasteiger partial charge in [-0.15, -0.1) is 0 Å². The standard InChI is InChI=1S/C23H26N2O3/c26-23(27)11-13-25-12-10-19-20-15-18(8-9-21(20)24-22(19)16-25)28-14-4-7-17-5-2-1-3-6-17/h1-3,5-6,8-9,15,24H,4,7,10-14,16H2,(H,26,27). The Hall–Kier alpha value is -2.79. The molecule has 0 amide bonds. The fraction of sp³-hybridized carbons (Fsp3) is 0.348. The Morgan fingerprint density at radius 2 is 2.04 bits per heavy atom. The summed E-state index contributed by atoms with van der Waals surface area (Å²) in [6, 6.07) is 16.7. The van der Waals surface area contributed by atoms with Crippen molar-refractivity contribution in [2.45, 2.75) is 32.2 Å². The Balaban J connectivity index is 1.37. The number of nitrogens with zero attached hydrogens (tertiary/aromatic N) is 1. The number of rotatable bonds is 8. The van der Waals surface area contributed by atoms with Gasteiger partial charge in [0, 0.05) is 36.2 Å². The molecule has 0 radical (unpaired) electrons. The number of aryl methyl sites for hydroxylation is 1. The van der Waals surface area contributed by atoms with Crippen LogP contribution in [0.3, 0.4) is 0 Å². The summed E-state index contributed by atoms with van der Waals surface area (Å²) in [4.78, 5) is 16.5. The Kier molecular flexibility index (Phi) is 5.63. The van der Waals surface area contributed by atoms with Crippen LogP contribution in [0.5, 0.6) is 5.75 Å². The predicted molar refractivity (Wildman–Crippen MR) is 110 cm³/mol. The number of hydrogen-bond donors (Lipinski definition) is 2. The highest BCUT2D eigenvalue weighted by molar-refractivity contribution is 5.86. The molecule has 1 aliphatic rings. The van der Waals surface area contributed by atoms with Gasteiger partial charge in [-0.1, -0.05) is 30.3 Å². The number of nitrogens with one attached hydrogen (secondary N) is 1. The van der Waals surface area contributed by atoms with Gasteiger partial charge in [-0.25, -0.2) is 0 Å². The molecule has 4 rings (SSSR count). The number of carboxylic acid groups (broad SMARTS) is 1. The lowest BCUT2D eigenvalue weighted by molar-refractivity contribution is -0.137. The summed E-state index contributed by atoms with van der Waals surface area (Å²) >= 11 is 0. The fourth-order valence-electron chi connectivity index (χ4n) is 3.92. The van der Waals surface area contributed by atoms with Crippen LogP contribution >= 0.6 is 0 Å². The number of ether oxygens (including phenoxy) is 1. The molecule has 0 saturated heterocycles. The van der Waals surface area contributed by atoms with E-state index in [0.717, 1.165) is 43.6 Å². The van der Waals surface area contributed by atoms with Gasteiger partial charge in [0.15, 0.2) is 0 Å². The minimum atomic E-state index is -0.739. The molecule has 1 aliphatic heterocycles. The van der Waals surface area contributed by atoms with Crippen molar-refractivity contribution in [3.63, 3.8) is 0 Å². The third kappa shape index (κ3) is 4.37. The lowest BCUT2D eigenvalue weighted by atomic mass is 10.0. The van der Waals surface area contributed by atoms with E-state index in [0.29, 0.717) is 13.2 Å². The summed E-state index contributed by atoms with van der Waals surface area (Å²) < 4.78 is 5.99. The van der Waals surface area contributed by atoms with Crippen molar-refractivity contribution in [2.24, 2.45) is 0 Å². The quantitative estimate of drug-likeness (QED) is 0.581. The molecule has 2 aromatic carbocycles. The van der Waals surface area contributed by atoms with Gasteiger partial charge in [0.2, 0.25) is 0 Å². The second-order valence-corrected chi connectivity index (χ2v) is 7.40. The zero-order valence-electron chi connectivity index (χ0n) is 16.0. The van der Waals surface area contributed by atoms with Crippen molar-refractivity contribution >= 4 is 16.9 Å². The molecule has 0 saturated carbocycles. The Morgan fingerprint density at radius 1 is 1.18 bits per heavy atom. The Bertz CT molecular complexity index is 949. The SMILES string of the molecule is O=C(O)CCN1CCc2c([nH]c3ccc(OCCCc4ccccc4)cc23)C1. The summed E-state index contributed by atoms with van der Waals surface area (Å²) in [7, 11) is 0. The van der Waals surface area contributed by atoms with Crippen LogP contribution in [0.15, 0.2) is 48.5 Å². The molecule has 0 fully saturated rings. The van der Waals surface area contributed by atoms with Crippen molar-refractivity contribution in [1.29, 1.82) is 0 Å². The molecule has 0 atom stereocenters. The normalized spacial score (nSPS) is 14.1. The molecule has 0 aliphatic carbocycles. The Labute approximate surface area is 164 Å². The van der Waals surface area contributed by atoms with E-state index >= 15 is 0 Å². The monoisotopic (exact) mass is 378 g/mol. The number of benzene rings is 2. The number of aliphatic carboxylic acids is 1. The van der Waals surface area contributed by atoms with E-state index in [1.54, 1.807) is 0 Å². The molecule has 1 aromatic heterocycles. The maximum absolute atomic E-state index is 10.8. The minimum absolute atomic E-state index is 0.191. The van der Waals surface area contributed by atoms with E-state index in [1.165, 1.54) is 22.2 Å². The molecule has 0 spiro atoms. The highest BCUT2D eigenvalue weighted by atomic mass is 16.5. The molecule has 5 nitrogen and oxygen atoms in total. The smallest absolute Gasteiger partial charge is 0.304 e. The first-order valence-corrected chi connectivity index (χ1v) is 9.93. The molecule has 5 heteroatoms. The van der Waals surface area contributed by atoms with Crippen LogP contribution in [0, 0.1) is 0 Å². The molecule has 146 valence electrons. The van der Waals surface area contributed by atoms with E-state index < -0.39 is 5.97 Å². The number of hydrogen-bond acceptors (Lipinski definition) is 3. The molecular weight excluding hydrogens is 352 g/mol. The zero-order chi connectivity index (χ0) is 19.3. The molecule has 0 bridgehead atoms. The second-order valence-electron chi connectivity index (χ2n) is 7.40. The van der Waals surface area contributed by atoms with Gasteiger partial charge in [-0.3, -0.25) is 9.69 Å². The summed E-state index contributed by atoms with van der Waals surface area (Å²) in [5.41, 5.74) is 5.01. The maximum atomic E-state index is 10.8. The highest BCUT2D eigenvalue weighted by Gasteiger charge is 2.21. The number of H-pyrrole nitrogens is 1. The third-order valence-electron chi connectivity index (χ3n) is 5.39. The molecule has 2 N–H and O–H groups in total. The van der Waals surface area contributed by atoms with Gasteiger partial charge in [0.1, 0.15) is 5.75 Å². The molecule has 3 aromatic rings. The highest BCUT2D eigenvalue weighted by Crippen LogP contribution is 2.30. The van der Waals surface area contributed by atoms with E-state index in [1.807, 2.05) is 12.1 Å². The van der Waals surface area contributed by atoms with Gasteiger partial charge in [0.05, 0.1) is 13.0 Å². The first-order chi connectivity index (χ1) is 13.7. The number of carbonyl (C=O) groups is 1. The zero-order valence-corrected chi connectivity index (χ0v) is 16.0. The fourth-order valence-corrected chi connectivity index (χ4v) is 3.92. The molecule has 0 unspecified atom stereocenters. The van der Waals surface area contributed by atoms with Gasteiger partial charge in [0.25, 0.3) is 0 Å². The Morgan fingerprint density at radius 3 is 2.86 bits per heavy atom. The summed E-state index contributed by atoms with van der Waals surface area (Å²) in [6.45, 7) is 2.98. The first-order valence-electron chi connectivity index (χ1n) is 9.93. The number of fused-ring (bicyclic) bond motifs is 3. The second kappa shape index (κ2) is 8.48. The average molecular weight is 378 g/mol. The molecular formula is C23H26N2O3.